The number of rotatable bonds is 2. The second-order valence-electron chi connectivity index (χ2n) is 4.33. The van der Waals surface area contributed by atoms with E-state index in [-0.39, 0.29) is 32.7 Å². The average Bonchev–Trinajstić information content (AvgIpc) is 2.47. The number of hydrogen-bond donors (Lipinski definition) is 1. The number of benzene rings is 3. The van der Waals surface area contributed by atoms with Gasteiger partial charge in [0.15, 0.2) is 0 Å². The summed E-state index contributed by atoms with van der Waals surface area (Å²) >= 11 is 0. The molecule has 0 heterocycles. The van der Waals surface area contributed by atoms with Crippen LogP contribution in [0.1, 0.15) is 0 Å². The van der Waals surface area contributed by atoms with Crippen molar-refractivity contribution in [2.75, 3.05) is 0 Å². The predicted molar refractivity (Wildman–Crippen MR) is 76.5 cm³/mol. The Hall–Kier alpha value is -0.951. The summed E-state index contributed by atoms with van der Waals surface area (Å²) in [6.07, 6.45) is 0. The first-order valence-corrected chi connectivity index (χ1v) is 5.98. The molecule has 1 radical (unpaired) electrons. The van der Waals surface area contributed by atoms with E-state index in [2.05, 4.69) is 18.2 Å². The van der Waals surface area contributed by atoms with Crippen LogP contribution in [-0.2, 0) is 32.7 Å². The Morgan fingerprint density at radius 2 is 1.58 bits per heavy atom. The number of hydrogen-bond acceptors (Lipinski definition) is 1. The fraction of sp³-hybridized carbons (Fsp3) is 0. The van der Waals surface area contributed by atoms with Crippen LogP contribution in [0.5, 0.6) is 0 Å². The molecular weight excluding hydrogens is 308 g/mol. The Morgan fingerprint density at radius 3 is 2.32 bits per heavy atom. The van der Waals surface area contributed by atoms with Crippen LogP contribution in [0.25, 0.3) is 10.8 Å². The number of fused-ring (bicyclic) bond motifs is 1. The van der Waals surface area contributed by atoms with Crippen LogP contribution in [-0.4, -0.2) is 11.9 Å². The van der Waals surface area contributed by atoms with Crippen molar-refractivity contribution in [1.82, 2.24) is 0 Å². The van der Waals surface area contributed by atoms with E-state index in [4.69, 9.17) is 0 Å². The Labute approximate surface area is 138 Å². The largest absolute Gasteiger partial charge is 0.444 e. The topological polar surface area (TPSA) is 20.2 Å². The molecule has 3 rings (SSSR count). The van der Waals surface area contributed by atoms with Crippen molar-refractivity contribution >= 4 is 28.6 Å². The van der Waals surface area contributed by atoms with Gasteiger partial charge in [-0.05, 0) is 16.2 Å². The predicted octanol–water partition coefficient (Wildman–Crippen LogP) is 1.74. The molecule has 89 valence electrons. The fourth-order valence-corrected chi connectivity index (χ4v) is 2.13. The molecule has 1 nitrogen and oxygen atoms in total. The standard InChI is InChI=1S/C16H12BO.Y/c18-17(15-8-2-1-3-9-15)16-11-10-13-6-4-5-7-14(13)12-16;/h1-8,10-12,18H;/q-1;. The third-order valence-corrected chi connectivity index (χ3v) is 3.12. The van der Waals surface area contributed by atoms with Gasteiger partial charge < -0.3 is 5.02 Å². The molecule has 0 aliphatic rings. The van der Waals surface area contributed by atoms with E-state index in [1.807, 2.05) is 54.6 Å². The molecule has 1 N–H and O–H groups in total. The maximum absolute atomic E-state index is 10.3. The minimum atomic E-state index is -0.615. The molecule has 0 unspecified atom stereocenters. The molecule has 0 saturated carbocycles. The zero-order chi connectivity index (χ0) is 12.4. The first-order valence-electron chi connectivity index (χ1n) is 5.98. The smallest absolute Gasteiger partial charge is 0.333 e. The second-order valence-corrected chi connectivity index (χ2v) is 4.33. The molecule has 0 spiro atoms. The Balaban J connectivity index is 0.00000133. The van der Waals surface area contributed by atoms with Crippen molar-refractivity contribution < 1.29 is 37.7 Å². The van der Waals surface area contributed by atoms with Crippen molar-refractivity contribution in [3.63, 3.8) is 0 Å². The molecule has 0 saturated heterocycles. The minimum absolute atomic E-state index is 0. The molecule has 19 heavy (non-hydrogen) atoms. The summed E-state index contributed by atoms with van der Waals surface area (Å²) < 4.78 is 0. The van der Waals surface area contributed by atoms with Crippen molar-refractivity contribution in [2.45, 2.75) is 0 Å². The monoisotopic (exact) mass is 320 g/mol. The van der Waals surface area contributed by atoms with E-state index >= 15 is 0 Å². The van der Waals surface area contributed by atoms with Gasteiger partial charge in [0.05, 0.1) is 0 Å². The molecule has 0 bridgehead atoms. The SMILES string of the molecule is OB(c1[c-]cccc1)c1ccc2ccccc2c1.[Y]. The Kier molecular flexibility index (Phi) is 4.92. The summed E-state index contributed by atoms with van der Waals surface area (Å²) in [5.74, 6) is 0. The van der Waals surface area contributed by atoms with Gasteiger partial charge in [-0.25, -0.2) is 0 Å². The van der Waals surface area contributed by atoms with E-state index in [0.29, 0.717) is 0 Å². The van der Waals surface area contributed by atoms with Crippen LogP contribution in [0.3, 0.4) is 0 Å². The summed E-state index contributed by atoms with van der Waals surface area (Å²) in [5, 5.41) is 12.6. The average molecular weight is 320 g/mol. The van der Waals surface area contributed by atoms with Gasteiger partial charge in [0.25, 0.3) is 0 Å². The third kappa shape index (κ3) is 3.14. The van der Waals surface area contributed by atoms with E-state index in [0.717, 1.165) is 16.3 Å². The van der Waals surface area contributed by atoms with Crippen LogP contribution in [0.4, 0.5) is 0 Å². The van der Waals surface area contributed by atoms with Gasteiger partial charge in [-0.3, -0.25) is 0 Å². The van der Waals surface area contributed by atoms with E-state index < -0.39 is 6.92 Å². The first kappa shape index (κ1) is 14.5. The molecule has 0 amide bonds. The maximum atomic E-state index is 10.3. The molecule has 0 aliphatic heterocycles. The summed E-state index contributed by atoms with van der Waals surface area (Å²) in [5.41, 5.74) is 1.70. The van der Waals surface area contributed by atoms with Gasteiger partial charge in [-0.15, -0.1) is 0 Å². The molecule has 3 heteroatoms. The van der Waals surface area contributed by atoms with Crippen molar-refractivity contribution in [3.8, 4) is 0 Å². The summed E-state index contributed by atoms with van der Waals surface area (Å²) in [4.78, 5) is 0. The van der Waals surface area contributed by atoms with Crippen molar-refractivity contribution in [2.24, 2.45) is 0 Å². The van der Waals surface area contributed by atoms with Crippen LogP contribution in [0.2, 0.25) is 0 Å². The maximum Gasteiger partial charge on any atom is 0.333 e. The fourth-order valence-electron chi connectivity index (χ4n) is 2.13. The zero-order valence-corrected chi connectivity index (χ0v) is 13.3. The molecule has 3 aromatic rings. The quantitative estimate of drug-likeness (QED) is 0.563. The zero-order valence-electron chi connectivity index (χ0n) is 10.5. The summed E-state index contributed by atoms with van der Waals surface area (Å²) in [6.45, 7) is -0.615. The van der Waals surface area contributed by atoms with Crippen molar-refractivity contribution in [1.29, 1.82) is 0 Å². The molecule has 0 fully saturated rings. The summed E-state index contributed by atoms with van der Waals surface area (Å²) in [7, 11) is 0. The van der Waals surface area contributed by atoms with Crippen LogP contribution < -0.4 is 10.9 Å². The van der Waals surface area contributed by atoms with Gasteiger partial charge in [0.1, 0.15) is 0 Å². The van der Waals surface area contributed by atoms with E-state index in [1.165, 1.54) is 5.39 Å². The second kappa shape index (κ2) is 6.47. The van der Waals surface area contributed by atoms with Gasteiger partial charge in [0, 0.05) is 32.7 Å². The normalized spacial score (nSPS) is 9.95. The van der Waals surface area contributed by atoms with Gasteiger partial charge in [0.2, 0.25) is 0 Å². The Bertz CT molecular complexity index is 670. The first-order chi connectivity index (χ1) is 8.84. The van der Waals surface area contributed by atoms with Crippen LogP contribution in [0, 0.1) is 6.07 Å². The Morgan fingerprint density at radius 1 is 0.842 bits per heavy atom. The van der Waals surface area contributed by atoms with Crippen LogP contribution in [0.15, 0.2) is 66.7 Å². The minimum Gasteiger partial charge on any atom is -0.444 e. The van der Waals surface area contributed by atoms with Crippen molar-refractivity contribution in [3.05, 3.63) is 72.8 Å². The summed E-state index contributed by atoms with van der Waals surface area (Å²) in [6, 6.07) is 24.8. The third-order valence-electron chi connectivity index (χ3n) is 3.12. The van der Waals surface area contributed by atoms with Gasteiger partial charge in [-0.2, -0.15) is 35.8 Å². The van der Waals surface area contributed by atoms with Crippen LogP contribution >= 0.6 is 0 Å². The molecule has 0 aliphatic carbocycles. The molecule has 0 atom stereocenters. The van der Waals surface area contributed by atoms with E-state index in [1.54, 1.807) is 0 Å². The van der Waals surface area contributed by atoms with Gasteiger partial charge >= 0.3 is 6.92 Å². The molecule has 0 aromatic heterocycles. The van der Waals surface area contributed by atoms with E-state index in [9.17, 15) is 5.02 Å². The molecule has 3 aromatic carbocycles. The molecular formula is C16H12BOY-. The van der Waals surface area contributed by atoms with Gasteiger partial charge in [-0.1, -0.05) is 42.5 Å².